The normalized spacial score (nSPS) is 13.3. The van der Waals surface area contributed by atoms with Gasteiger partial charge in [0, 0.05) is 12.7 Å². The first-order chi connectivity index (χ1) is 6.28. The van der Waals surface area contributed by atoms with Gasteiger partial charge in [-0.3, -0.25) is 4.79 Å². The number of carboxylic acid groups (broad SMARTS) is 1. The third kappa shape index (κ3) is 4.80. The summed E-state index contributed by atoms with van der Waals surface area (Å²) in [6.45, 7) is 2.55. The van der Waals surface area contributed by atoms with Gasteiger partial charge in [-0.1, -0.05) is 6.92 Å². The average molecular weight is 223 g/mol. The molecule has 2 N–H and O–H groups in total. The van der Waals surface area contributed by atoms with Crippen molar-refractivity contribution in [3.05, 3.63) is 0 Å². The Bertz CT molecular complexity index is 321. The molecule has 6 nitrogen and oxygen atoms in total. The van der Waals surface area contributed by atoms with E-state index in [2.05, 4.69) is 5.32 Å². The van der Waals surface area contributed by atoms with Crippen LogP contribution < -0.4 is 5.32 Å². The van der Waals surface area contributed by atoms with E-state index in [0.717, 1.165) is 6.92 Å². The van der Waals surface area contributed by atoms with Crippen LogP contribution in [-0.4, -0.2) is 42.9 Å². The molecule has 0 aliphatic heterocycles. The number of carboxylic acids is 1. The predicted octanol–water partition coefficient (Wildman–Crippen LogP) is -0.990. The fraction of sp³-hybridized carbons (Fsp3) is 0.714. The third-order valence-electron chi connectivity index (χ3n) is 1.54. The van der Waals surface area contributed by atoms with Crippen LogP contribution in [0.4, 0.5) is 0 Å². The molecule has 0 rings (SSSR count). The fourth-order valence-corrected chi connectivity index (χ4v) is 1.76. The van der Waals surface area contributed by atoms with Gasteiger partial charge < -0.3 is 10.4 Å². The number of rotatable bonds is 5. The molecule has 0 aliphatic carbocycles. The van der Waals surface area contributed by atoms with Gasteiger partial charge in [0.25, 0.3) is 0 Å². The van der Waals surface area contributed by atoms with E-state index in [0.29, 0.717) is 0 Å². The van der Waals surface area contributed by atoms with Crippen LogP contribution in [0.5, 0.6) is 0 Å². The third-order valence-corrected chi connectivity index (χ3v) is 3.26. The van der Waals surface area contributed by atoms with Crippen molar-refractivity contribution in [1.82, 2.24) is 5.32 Å². The van der Waals surface area contributed by atoms with Gasteiger partial charge in [0.1, 0.15) is 6.04 Å². The molecule has 0 heterocycles. The Morgan fingerprint density at radius 2 is 1.93 bits per heavy atom. The second kappa shape index (κ2) is 4.94. The van der Waals surface area contributed by atoms with Gasteiger partial charge >= 0.3 is 5.97 Å². The minimum Gasteiger partial charge on any atom is -0.480 e. The first-order valence-electron chi connectivity index (χ1n) is 3.99. The van der Waals surface area contributed by atoms with E-state index in [-0.39, 0.29) is 5.75 Å². The van der Waals surface area contributed by atoms with E-state index in [9.17, 15) is 18.0 Å². The summed E-state index contributed by atoms with van der Waals surface area (Å²) >= 11 is 0. The highest BCUT2D eigenvalue weighted by Crippen LogP contribution is 1.95. The summed E-state index contributed by atoms with van der Waals surface area (Å²) in [5.41, 5.74) is 0. The highest BCUT2D eigenvalue weighted by molar-refractivity contribution is 7.91. The first kappa shape index (κ1) is 12.9. The number of amides is 1. The summed E-state index contributed by atoms with van der Waals surface area (Å²) in [6, 6.07) is -1.36. The number of carbonyl (C=O) groups excluding carboxylic acids is 1. The van der Waals surface area contributed by atoms with Crippen LogP contribution in [0.3, 0.4) is 0 Å². The molecule has 0 saturated carbocycles. The van der Waals surface area contributed by atoms with Crippen LogP contribution in [0.2, 0.25) is 0 Å². The quantitative estimate of drug-likeness (QED) is 0.623. The van der Waals surface area contributed by atoms with Crippen molar-refractivity contribution in [2.45, 2.75) is 19.9 Å². The molecule has 0 fully saturated rings. The molecule has 0 aromatic heterocycles. The highest BCUT2D eigenvalue weighted by atomic mass is 32.2. The van der Waals surface area contributed by atoms with Crippen molar-refractivity contribution in [2.75, 3.05) is 11.5 Å². The number of sulfone groups is 1. The van der Waals surface area contributed by atoms with Gasteiger partial charge in [0.15, 0.2) is 9.84 Å². The Hall–Kier alpha value is -1.11. The van der Waals surface area contributed by atoms with Crippen LogP contribution >= 0.6 is 0 Å². The van der Waals surface area contributed by atoms with Gasteiger partial charge in [0.2, 0.25) is 5.91 Å². The molecule has 14 heavy (non-hydrogen) atoms. The van der Waals surface area contributed by atoms with Crippen molar-refractivity contribution in [1.29, 1.82) is 0 Å². The first-order valence-corrected chi connectivity index (χ1v) is 5.81. The lowest BCUT2D eigenvalue weighted by atomic mass is 10.3. The van der Waals surface area contributed by atoms with Crippen molar-refractivity contribution in [3.8, 4) is 0 Å². The summed E-state index contributed by atoms with van der Waals surface area (Å²) in [7, 11) is -3.40. The monoisotopic (exact) mass is 223 g/mol. The van der Waals surface area contributed by atoms with Gasteiger partial charge in [-0.2, -0.15) is 0 Å². The maximum Gasteiger partial charge on any atom is 0.327 e. The number of aliphatic carboxylic acids is 1. The Morgan fingerprint density at radius 1 is 1.43 bits per heavy atom. The van der Waals surface area contributed by atoms with E-state index in [4.69, 9.17) is 5.11 Å². The maximum absolute atomic E-state index is 11.1. The number of hydrogen-bond donors (Lipinski definition) is 2. The highest BCUT2D eigenvalue weighted by Gasteiger charge is 2.24. The molecular formula is C7H13NO5S. The van der Waals surface area contributed by atoms with E-state index in [1.54, 1.807) is 0 Å². The summed E-state index contributed by atoms with van der Waals surface area (Å²) in [5.74, 6) is -2.63. The van der Waals surface area contributed by atoms with Crippen LogP contribution in [-0.2, 0) is 19.4 Å². The largest absolute Gasteiger partial charge is 0.480 e. The Morgan fingerprint density at radius 3 is 2.21 bits per heavy atom. The second-order valence-electron chi connectivity index (χ2n) is 2.79. The zero-order valence-corrected chi connectivity index (χ0v) is 8.80. The number of hydrogen-bond acceptors (Lipinski definition) is 4. The van der Waals surface area contributed by atoms with E-state index < -0.39 is 33.5 Å². The van der Waals surface area contributed by atoms with Crippen molar-refractivity contribution in [3.63, 3.8) is 0 Å². The molecule has 0 saturated heterocycles. The van der Waals surface area contributed by atoms with Crippen LogP contribution in [0.1, 0.15) is 13.8 Å². The number of carbonyl (C=O) groups is 2. The zero-order chi connectivity index (χ0) is 11.4. The van der Waals surface area contributed by atoms with Gasteiger partial charge in [-0.25, -0.2) is 13.2 Å². The molecule has 0 bridgehead atoms. The molecule has 7 heteroatoms. The van der Waals surface area contributed by atoms with Crippen molar-refractivity contribution in [2.24, 2.45) is 0 Å². The molecule has 1 amide bonds. The zero-order valence-electron chi connectivity index (χ0n) is 7.98. The van der Waals surface area contributed by atoms with Gasteiger partial charge in [-0.05, 0) is 0 Å². The van der Waals surface area contributed by atoms with Crippen LogP contribution in [0, 0.1) is 0 Å². The SMILES string of the molecule is CCS(=O)(=O)CC(NC(C)=O)C(=O)O. The minimum atomic E-state index is -3.40. The topological polar surface area (TPSA) is 101 Å². The lowest BCUT2D eigenvalue weighted by Crippen LogP contribution is -2.44. The molecule has 0 aromatic rings. The van der Waals surface area contributed by atoms with E-state index >= 15 is 0 Å². The predicted molar refractivity (Wildman–Crippen MR) is 49.6 cm³/mol. The average Bonchev–Trinajstić information content (AvgIpc) is 2.02. The molecular weight excluding hydrogens is 210 g/mol. The van der Waals surface area contributed by atoms with Gasteiger partial charge in [0.05, 0.1) is 5.75 Å². The van der Waals surface area contributed by atoms with Crippen molar-refractivity contribution < 1.29 is 23.1 Å². The number of nitrogens with one attached hydrogen (secondary N) is 1. The molecule has 0 aliphatic rings. The van der Waals surface area contributed by atoms with Crippen LogP contribution in [0.15, 0.2) is 0 Å². The maximum atomic E-state index is 11.1. The van der Waals surface area contributed by atoms with Crippen LogP contribution in [0.25, 0.3) is 0 Å². The summed E-state index contributed by atoms with van der Waals surface area (Å²) in [4.78, 5) is 21.1. The van der Waals surface area contributed by atoms with E-state index in [1.165, 1.54) is 6.92 Å². The molecule has 82 valence electrons. The Balaban J connectivity index is 4.54. The summed E-state index contributed by atoms with van der Waals surface area (Å²) in [6.07, 6.45) is 0. The molecule has 1 unspecified atom stereocenters. The second-order valence-corrected chi connectivity index (χ2v) is 5.19. The lowest BCUT2D eigenvalue weighted by Gasteiger charge is -2.12. The Kier molecular flexibility index (Phi) is 4.55. The summed E-state index contributed by atoms with van der Waals surface area (Å²) in [5, 5.41) is 10.7. The minimum absolute atomic E-state index is 0.142. The fourth-order valence-electron chi connectivity index (χ4n) is 0.792. The molecule has 1 atom stereocenters. The summed E-state index contributed by atoms with van der Waals surface area (Å²) < 4.78 is 22.2. The van der Waals surface area contributed by atoms with Crippen molar-refractivity contribution >= 4 is 21.7 Å². The Labute approximate surface area is 82.2 Å². The standard InChI is InChI=1S/C7H13NO5S/c1-3-14(12,13)4-6(7(10)11)8-5(2)9/h6H,3-4H2,1-2H3,(H,8,9)(H,10,11). The molecule has 0 radical (unpaired) electrons. The van der Waals surface area contributed by atoms with Gasteiger partial charge in [-0.15, -0.1) is 0 Å². The molecule has 0 aromatic carbocycles. The smallest absolute Gasteiger partial charge is 0.327 e. The molecule has 0 spiro atoms. The lowest BCUT2D eigenvalue weighted by molar-refractivity contribution is -0.140. The van der Waals surface area contributed by atoms with E-state index in [1.807, 2.05) is 0 Å².